The average Bonchev–Trinajstić information content (AvgIpc) is 2.90. The summed E-state index contributed by atoms with van der Waals surface area (Å²) in [6.45, 7) is 3.59. The van der Waals surface area contributed by atoms with E-state index in [9.17, 15) is 13.2 Å². The molecule has 0 saturated heterocycles. The van der Waals surface area contributed by atoms with Gasteiger partial charge in [-0.15, -0.1) is 16.8 Å². The minimum absolute atomic E-state index is 0.105. The van der Waals surface area contributed by atoms with E-state index in [0.717, 1.165) is 4.40 Å². The van der Waals surface area contributed by atoms with Crippen LogP contribution in [0, 0.1) is 0 Å². The van der Waals surface area contributed by atoms with Crippen LogP contribution in [-0.4, -0.2) is 25.3 Å². The fourth-order valence-corrected chi connectivity index (χ4v) is 2.68. The fourth-order valence-electron chi connectivity index (χ4n) is 1.98. The second kappa shape index (κ2) is 5.03. The summed E-state index contributed by atoms with van der Waals surface area (Å²) >= 11 is 1.27. The van der Waals surface area contributed by atoms with Gasteiger partial charge in [0.2, 0.25) is 5.82 Å². The van der Waals surface area contributed by atoms with Gasteiger partial charge in [0, 0.05) is 5.75 Å². The predicted molar refractivity (Wildman–Crippen MR) is 74.2 cm³/mol. The van der Waals surface area contributed by atoms with Crippen molar-refractivity contribution in [2.45, 2.75) is 11.2 Å². The molecule has 0 saturated carbocycles. The minimum Gasteiger partial charge on any atom is -0.267 e. The van der Waals surface area contributed by atoms with E-state index in [2.05, 4.69) is 21.8 Å². The van der Waals surface area contributed by atoms with Crippen LogP contribution in [0.3, 0.4) is 0 Å². The maximum absolute atomic E-state index is 13.1. The number of aromatic nitrogens is 4. The lowest BCUT2D eigenvalue weighted by Gasteiger charge is -2.09. The molecule has 0 amide bonds. The van der Waals surface area contributed by atoms with Crippen molar-refractivity contribution in [3.8, 4) is 0 Å². The Morgan fingerprint density at radius 1 is 1.24 bits per heavy atom. The summed E-state index contributed by atoms with van der Waals surface area (Å²) in [5.41, 5.74) is 0.891. The van der Waals surface area contributed by atoms with E-state index in [4.69, 9.17) is 0 Å². The highest BCUT2D eigenvalue weighted by Crippen LogP contribution is 2.32. The van der Waals surface area contributed by atoms with Gasteiger partial charge >= 0.3 is 6.18 Å². The Morgan fingerprint density at radius 2 is 2.00 bits per heavy atom. The van der Waals surface area contributed by atoms with Gasteiger partial charge < -0.3 is 0 Å². The fraction of sp³-hybridized carbons (Fsp3) is 0.154. The number of nitrogens with zero attached hydrogens (tertiary/aromatic N) is 4. The molecule has 2 aromatic heterocycles. The SMILES string of the molecule is C=CCSc1nc2ccccc2n2c(C(F)(F)F)nnc12. The largest absolute Gasteiger partial charge is 0.452 e. The van der Waals surface area contributed by atoms with Crippen molar-refractivity contribution in [3.05, 3.63) is 42.7 Å². The molecule has 0 aliphatic heterocycles. The Kier molecular flexibility index (Phi) is 3.32. The number of alkyl halides is 3. The molecule has 3 rings (SSSR count). The summed E-state index contributed by atoms with van der Waals surface area (Å²) in [7, 11) is 0. The Morgan fingerprint density at radius 3 is 2.71 bits per heavy atom. The van der Waals surface area contributed by atoms with E-state index < -0.39 is 12.0 Å². The third-order valence-electron chi connectivity index (χ3n) is 2.79. The zero-order valence-electron chi connectivity index (χ0n) is 10.6. The predicted octanol–water partition coefficient (Wildman–Crippen LogP) is 3.57. The highest BCUT2D eigenvalue weighted by molar-refractivity contribution is 7.99. The molecule has 2 heterocycles. The molecule has 8 heteroatoms. The van der Waals surface area contributed by atoms with Gasteiger partial charge in [0.1, 0.15) is 5.03 Å². The molecule has 0 unspecified atom stereocenters. The van der Waals surface area contributed by atoms with Gasteiger partial charge in [-0.1, -0.05) is 30.0 Å². The van der Waals surface area contributed by atoms with Crippen LogP contribution < -0.4 is 0 Å². The molecule has 0 spiro atoms. The zero-order valence-corrected chi connectivity index (χ0v) is 11.4. The number of hydrogen-bond donors (Lipinski definition) is 0. The Bertz CT molecular complexity index is 825. The number of benzene rings is 1. The van der Waals surface area contributed by atoms with Crippen molar-refractivity contribution < 1.29 is 13.2 Å². The molecule has 3 aromatic rings. The summed E-state index contributed by atoms with van der Waals surface area (Å²) < 4.78 is 40.3. The maximum Gasteiger partial charge on any atom is 0.452 e. The number of para-hydroxylation sites is 2. The van der Waals surface area contributed by atoms with Crippen LogP contribution in [0.5, 0.6) is 0 Å². The third-order valence-corrected chi connectivity index (χ3v) is 3.74. The van der Waals surface area contributed by atoms with Crippen molar-refractivity contribution in [2.75, 3.05) is 5.75 Å². The van der Waals surface area contributed by atoms with Gasteiger partial charge in [0.25, 0.3) is 0 Å². The molecule has 0 N–H and O–H groups in total. The van der Waals surface area contributed by atoms with Gasteiger partial charge in [0.15, 0.2) is 5.65 Å². The first-order valence-electron chi connectivity index (χ1n) is 5.97. The summed E-state index contributed by atoms with van der Waals surface area (Å²) in [6.07, 6.45) is -2.93. The molecule has 0 atom stereocenters. The molecule has 0 bridgehead atoms. The number of thioether (sulfide) groups is 1. The van der Waals surface area contributed by atoms with E-state index in [1.165, 1.54) is 11.8 Å². The highest BCUT2D eigenvalue weighted by atomic mass is 32.2. The summed E-state index contributed by atoms with van der Waals surface area (Å²) in [5.74, 6) is -0.522. The van der Waals surface area contributed by atoms with E-state index in [1.54, 1.807) is 30.3 Å². The van der Waals surface area contributed by atoms with Crippen LogP contribution in [0.1, 0.15) is 5.82 Å². The zero-order chi connectivity index (χ0) is 15.0. The molecular weight excluding hydrogens is 301 g/mol. The van der Waals surface area contributed by atoms with Gasteiger partial charge in [0.05, 0.1) is 11.0 Å². The van der Waals surface area contributed by atoms with Crippen molar-refractivity contribution >= 4 is 28.4 Å². The summed E-state index contributed by atoms with van der Waals surface area (Å²) in [6, 6.07) is 6.60. The summed E-state index contributed by atoms with van der Waals surface area (Å²) in [5, 5.41) is 7.36. The van der Waals surface area contributed by atoms with Crippen molar-refractivity contribution in [1.82, 2.24) is 19.6 Å². The van der Waals surface area contributed by atoms with E-state index in [1.807, 2.05) is 0 Å². The van der Waals surface area contributed by atoms with E-state index in [0.29, 0.717) is 21.8 Å². The number of fused-ring (bicyclic) bond motifs is 3. The first-order chi connectivity index (χ1) is 10.0. The van der Waals surface area contributed by atoms with Gasteiger partial charge in [-0.25, -0.2) is 4.98 Å². The van der Waals surface area contributed by atoms with E-state index >= 15 is 0 Å². The molecule has 1 aromatic carbocycles. The Hall–Kier alpha value is -2.09. The van der Waals surface area contributed by atoms with Crippen molar-refractivity contribution in [1.29, 1.82) is 0 Å². The third kappa shape index (κ3) is 2.35. The highest BCUT2D eigenvalue weighted by Gasteiger charge is 2.38. The lowest BCUT2D eigenvalue weighted by Crippen LogP contribution is -2.11. The molecule has 0 aliphatic carbocycles. The van der Waals surface area contributed by atoms with Gasteiger partial charge in [-0.3, -0.25) is 4.40 Å². The molecule has 108 valence electrons. The smallest absolute Gasteiger partial charge is 0.267 e. The van der Waals surface area contributed by atoms with Crippen LogP contribution >= 0.6 is 11.8 Å². The molecule has 0 fully saturated rings. The average molecular weight is 310 g/mol. The second-order valence-corrected chi connectivity index (χ2v) is 5.19. The van der Waals surface area contributed by atoms with Crippen LogP contribution in [-0.2, 0) is 6.18 Å². The van der Waals surface area contributed by atoms with Crippen LogP contribution in [0.2, 0.25) is 0 Å². The van der Waals surface area contributed by atoms with Gasteiger partial charge in [-0.05, 0) is 12.1 Å². The molecular formula is C13H9F3N4S. The molecule has 4 nitrogen and oxygen atoms in total. The maximum atomic E-state index is 13.1. The van der Waals surface area contributed by atoms with Gasteiger partial charge in [-0.2, -0.15) is 13.2 Å². The monoisotopic (exact) mass is 310 g/mol. The van der Waals surface area contributed by atoms with Crippen molar-refractivity contribution in [2.24, 2.45) is 0 Å². The quantitative estimate of drug-likeness (QED) is 0.548. The standard InChI is InChI=1S/C13H9F3N4S/c1-2-7-21-11-10-18-19-12(13(14,15)16)20(10)9-6-4-3-5-8(9)17-11/h2-6H,1,7H2. The lowest BCUT2D eigenvalue weighted by atomic mass is 10.3. The summed E-state index contributed by atoms with van der Waals surface area (Å²) in [4.78, 5) is 4.36. The van der Waals surface area contributed by atoms with Crippen molar-refractivity contribution in [3.63, 3.8) is 0 Å². The number of hydrogen-bond acceptors (Lipinski definition) is 4. The number of halogens is 3. The first-order valence-corrected chi connectivity index (χ1v) is 6.95. The molecule has 0 aliphatic rings. The first kappa shape index (κ1) is 13.9. The topological polar surface area (TPSA) is 43.1 Å². The minimum atomic E-state index is -4.58. The van der Waals surface area contributed by atoms with E-state index in [-0.39, 0.29) is 5.65 Å². The van der Waals surface area contributed by atoms with Crippen LogP contribution in [0.25, 0.3) is 16.7 Å². The normalized spacial score (nSPS) is 12.1. The molecule has 0 radical (unpaired) electrons. The van der Waals surface area contributed by atoms with Crippen LogP contribution in [0.15, 0.2) is 41.9 Å². The number of rotatable bonds is 3. The Balaban J connectivity index is 2.39. The van der Waals surface area contributed by atoms with Crippen LogP contribution in [0.4, 0.5) is 13.2 Å². The lowest BCUT2D eigenvalue weighted by molar-refractivity contribution is -0.145. The molecule has 21 heavy (non-hydrogen) atoms. The second-order valence-electron chi connectivity index (χ2n) is 4.19. The Labute approximate surface area is 121 Å².